The van der Waals surface area contributed by atoms with Crippen LogP contribution in [0.3, 0.4) is 0 Å². The Hall–Kier alpha value is -1.19. The number of aryl methyl sites for hydroxylation is 1. The Bertz CT molecular complexity index is 550. The molecule has 112 valence electrons. The molecule has 3 heteroatoms. The van der Waals surface area contributed by atoms with Crippen LogP contribution in [0.15, 0.2) is 36.0 Å². The predicted octanol–water partition coefficient (Wildman–Crippen LogP) is 4.17. The maximum absolute atomic E-state index is 4.24. The molecule has 0 saturated carbocycles. The maximum atomic E-state index is 4.24. The smallest absolute Gasteiger partial charge is 0.0794 e. The van der Waals surface area contributed by atoms with Gasteiger partial charge in [-0.1, -0.05) is 31.2 Å². The Kier molecular flexibility index (Phi) is 5.04. The summed E-state index contributed by atoms with van der Waals surface area (Å²) in [5.74, 6) is 0.642. The van der Waals surface area contributed by atoms with Crippen LogP contribution in [0, 0.1) is 0 Å². The lowest BCUT2D eigenvalue weighted by molar-refractivity contribution is 0.391. The van der Waals surface area contributed by atoms with Crippen LogP contribution in [0.4, 0.5) is 0 Å². The number of fused-ring (bicyclic) bond motifs is 1. The molecule has 0 fully saturated rings. The van der Waals surface area contributed by atoms with Crippen molar-refractivity contribution in [3.63, 3.8) is 0 Å². The Morgan fingerprint density at radius 1 is 1.38 bits per heavy atom. The lowest BCUT2D eigenvalue weighted by Crippen LogP contribution is -2.38. The van der Waals surface area contributed by atoms with Crippen LogP contribution in [0.1, 0.15) is 48.1 Å². The molecule has 1 aromatic carbocycles. The second-order valence-electron chi connectivity index (χ2n) is 5.93. The highest BCUT2D eigenvalue weighted by atomic mass is 32.1. The van der Waals surface area contributed by atoms with Crippen LogP contribution in [0.25, 0.3) is 0 Å². The van der Waals surface area contributed by atoms with E-state index >= 15 is 0 Å². The molecule has 2 aromatic rings. The number of nitrogens with zero attached hydrogens (tertiary/aromatic N) is 1. The minimum Gasteiger partial charge on any atom is -0.313 e. The fourth-order valence-corrected chi connectivity index (χ4v) is 4.11. The minimum absolute atomic E-state index is 0.534. The molecule has 1 aromatic heterocycles. The van der Waals surface area contributed by atoms with E-state index in [9.17, 15) is 0 Å². The molecule has 1 N–H and O–H groups in total. The molecule has 1 aliphatic rings. The zero-order valence-electron chi connectivity index (χ0n) is 12.7. The quantitative estimate of drug-likeness (QED) is 0.866. The molecule has 0 radical (unpaired) electrons. The molecular formula is C18H24N2S. The van der Waals surface area contributed by atoms with Crippen LogP contribution in [-0.2, 0) is 12.8 Å². The fourth-order valence-electron chi connectivity index (χ4n) is 3.46. The third kappa shape index (κ3) is 3.53. The second kappa shape index (κ2) is 7.19. The van der Waals surface area contributed by atoms with Crippen molar-refractivity contribution in [3.05, 3.63) is 52.0 Å². The molecule has 2 unspecified atom stereocenters. The van der Waals surface area contributed by atoms with Gasteiger partial charge in [-0.05, 0) is 55.7 Å². The molecule has 1 aliphatic carbocycles. The summed E-state index contributed by atoms with van der Waals surface area (Å²) in [6, 6.07) is 9.56. The summed E-state index contributed by atoms with van der Waals surface area (Å²) >= 11 is 1.78. The number of benzene rings is 1. The second-order valence-corrected chi connectivity index (χ2v) is 6.90. The number of thiazole rings is 1. The van der Waals surface area contributed by atoms with Gasteiger partial charge in [-0.3, -0.25) is 4.98 Å². The van der Waals surface area contributed by atoms with E-state index < -0.39 is 0 Å². The van der Waals surface area contributed by atoms with Crippen molar-refractivity contribution in [2.45, 2.75) is 51.0 Å². The molecule has 1 heterocycles. The fraction of sp³-hybridized carbons (Fsp3) is 0.500. The minimum atomic E-state index is 0.534. The van der Waals surface area contributed by atoms with Gasteiger partial charge in [0.1, 0.15) is 0 Å². The van der Waals surface area contributed by atoms with Gasteiger partial charge in [0.05, 0.1) is 5.51 Å². The normalized spacial score (nSPS) is 19.2. The molecule has 0 spiro atoms. The average Bonchev–Trinajstić information content (AvgIpc) is 3.04. The van der Waals surface area contributed by atoms with Gasteiger partial charge in [0.2, 0.25) is 0 Å². The first kappa shape index (κ1) is 14.7. The van der Waals surface area contributed by atoms with E-state index in [4.69, 9.17) is 0 Å². The molecule has 0 saturated heterocycles. The number of aromatic nitrogens is 1. The topological polar surface area (TPSA) is 24.9 Å². The molecule has 2 atom stereocenters. The first-order chi connectivity index (χ1) is 10.4. The van der Waals surface area contributed by atoms with Crippen molar-refractivity contribution < 1.29 is 0 Å². The van der Waals surface area contributed by atoms with Gasteiger partial charge < -0.3 is 5.32 Å². The molecule has 2 nitrogen and oxygen atoms in total. The lowest BCUT2D eigenvalue weighted by atomic mass is 9.77. The molecule has 0 amide bonds. The highest BCUT2D eigenvalue weighted by Crippen LogP contribution is 2.35. The number of hydrogen-bond acceptors (Lipinski definition) is 3. The van der Waals surface area contributed by atoms with Gasteiger partial charge in [0, 0.05) is 17.1 Å². The predicted molar refractivity (Wildman–Crippen MR) is 90.0 cm³/mol. The Morgan fingerprint density at radius 2 is 2.29 bits per heavy atom. The summed E-state index contributed by atoms with van der Waals surface area (Å²) in [6.45, 7) is 3.34. The van der Waals surface area contributed by atoms with E-state index in [2.05, 4.69) is 41.5 Å². The van der Waals surface area contributed by atoms with Gasteiger partial charge in [-0.15, -0.1) is 11.3 Å². The Morgan fingerprint density at radius 3 is 3.10 bits per heavy atom. The van der Waals surface area contributed by atoms with Crippen molar-refractivity contribution in [2.75, 3.05) is 6.54 Å². The molecule has 21 heavy (non-hydrogen) atoms. The number of rotatable bonds is 6. The van der Waals surface area contributed by atoms with Crippen LogP contribution in [0.2, 0.25) is 0 Å². The highest BCUT2D eigenvalue weighted by molar-refractivity contribution is 7.09. The van der Waals surface area contributed by atoms with Crippen molar-refractivity contribution in [1.29, 1.82) is 0 Å². The third-order valence-electron chi connectivity index (χ3n) is 4.46. The van der Waals surface area contributed by atoms with Crippen LogP contribution in [0.5, 0.6) is 0 Å². The average molecular weight is 300 g/mol. The maximum Gasteiger partial charge on any atom is 0.0794 e. The van der Waals surface area contributed by atoms with Crippen molar-refractivity contribution in [2.24, 2.45) is 0 Å². The third-order valence-corrected chi connectivity index (χ3v) is 5.26. The van der Waals surface area contributed by atoms with E-state index in [1.54, 1.807) is 22.5 Å². The van der Waals surface area contributed by atoms with Gasteiger partial charge in [-0.2, -0.15) is 0 Å². The highest BCUT2D eigenvalue weighted by Gasteiger charge is 2.27. The standard InChI is InChI=1S/C18H24N2S/c1-2-10-20-18(11-15-12-19-13-21-15)17-9-5-7-14-6-3-4-8-16(14)17/h3-4,6,8,12-13,17-18,20H,2,5,7,9-11H2,1H3. The summed E-state index contributed by atoms with van der Waals surface area (Å²) in [4.78, 5) is 5.63. The van der Waals surface area contributed by atoms with Gasteiger partial charge >= 0.3 is 0 Å². The van der Waals surface area contributed by atoms with Gasteiger partial charge in [0.15, 0.2) is 0 Å². The molecule has 3 rings (SSSR count). The van der Waals surface area contributed by atoms with E-state index in [0.717, 1.165) is 13.0 Å². The number of nitrogens with one attached hydrogen (secondary N) is 1. The first-order valence-corrected chi connectivity index (χ1v) is 8.95. The van der Waals surface area contributed by atoms with Gasteiger partial charge in [-0.25, -0.2) is 0 Å². The number of hydrogen-bond donors (Lipinski definition) is 1. The largest absolute Gasteiger partial charge is 0.313 e. The van der Waals surface area contributed by atoms with Crippen LogP contribution in [-0.4, -0.2) is 17.6 Å². The van der Waals surface area contributed by atoms with Gasteiger partial charge in [0.25, 0.3) is 0 Å². The summed E-state index contributed by atoms with van der Waals surface area (Å²) in [7, 11) is 0. The van der Waals surface area contributed by atoms with E-state index in [1.807, 2.05) is 11.7 Å². The Labute approximate surface area is 131 Å². The summed E-state index contributed by atoms with van der Waals surface area (Å²) in [5.41, 5.74) is 5.07. The van der Waals surface area contributed by atoms with E-state index in [0.29, 0.717) is 12.0 Å². The summed E-state index contributed by atoms with van der Waals surface area (Å²) in [5, 5.41) is 3.80. The first-order valence-electron chi connectivity index (χ1n) is 8.07. The van der Waals surface area contributed by atoms with E-state index in [1.165, 1.54) is 30.6 Å². The van der Waals surface area contributed by atoms with Crippen molar-refractivity contribution >= 4 is 11.3 Å². The zero-order chi connectivity index (χ0) is 14.5. The molecule has 0 aliphatic heterocycles. The Balaban J connectivity index is 1.82. The zero-order valence-corrected chi connectivity index (χ0v) is 13.5. The molecule has 0 bridgehead atoms. The summed E-state index contributed by atoms with van der Waals surface area (Å²) < 4.78 is 0. The van der Waals surface area contributed by atoms with Crippen LogP contribution >= 0.6 is 11.3 Å². The SMILES string of the molecule is CCCNC(Cc1cncs1)C1CCCc2ccccc21. The van der Waals surface area contributed by atoms with Crippen molar-refractivity contribution in [1.82, 2.24) is 10.3 Å². The molecular weight excluding hydrogens is 276 g/mol. The summed E-state index contributed by atoms with van der Waals surface area (Å²) in [6.07, 6.45) is 8.18. The van der Waals surface area contributed by atoms with Crippen molar-refractivity contribution in [3.8, 4) is 0 Å². The van der Waals surface area contributed by atoms with E-state index in [-0.39, 0.29) is 0 Å². The van der Waals surface area contributed by atoms with Crippen LogP contribution < -0.4 is 5.32 Å². The monoisotopic (exact) mass is 300 g/mol. The lowest BCUT2D eigenvalue weighted by Gasteiger charge is -2.33.